The molecular formula is C50H63N11O7. The van der Waals surface area contributed by atoms with E-state index >= 15 is 0 Å². The van der Waals surface area contributed by atoms with E-state index < -0.39 is 11.9 Å². The molecule has 4 aromatic rings. The number of amidine groups is 2. The van der Waals surface area contributed by atoms with Crippen molar-refractivity contribution in [1.29, 1.82) is 10.8 Å². The SMILES string of the molecule is C[C@@H](NC(=O)c1cccc(NCC(=N)N(C)C(=N)c2ccncn2)c1)c1cccc(OCCCCCCOCCOCCN2CCN(c3ccc4c(c3)CN(C3CCC(=O)NC3=O)C4=O)CC2)c1. The summed E-state index contributed by atoms with van der Waals surface area (Å²) in [5.74, 6) is -0.0302. The van der Waals surface area contributed by atoms with Crippen LogP contribution in [0.2, 0.25) is 0 Å². The van der Waals surface area contributed by atoms with Crippen molar-refractivity contribution in [2.75, 3.05) is 89.6 Å². The second-order valence-corrected chi connectivity index (χ2v) is 17.2. The fourth-order valence-electron chi connectivity index (χ4n) is 8.40. The highest BCUT2D eigenvalue weighted by atomic mass is 16.5. The average Bonchev–Trinajstić information content (AvgIpc) is 3.69. The van der Waals surface area contributed by atoms with Gasteiger partial charge in [0.05, 0.1) is 39.0 Å². The molecule has 360 valence electrons. The van der Waals surface area contributed by atoms with Gasteiger partial charge in [-0.2, -0.15) is 0 Å². The lowest BCUT2D eigenvalue weighted by atomic mass is 10.0. The molecule has 18 nitrogen and oxygen atoms in total. The summed E-state index contributed by atoms with van der Waals surface area (Å²) < 4.78 is 17.7. The lowest BCUT2D eigenvalue weighted by Crippen LogP contribution is -2.52. The number of hydrogen-bond donors (Lipinski definition) is 5. The van der Waals surface area contributed by atoms with Gasteiger partial charge in [0.25, 0.3) is 11.8 Å². The van der Waals surface area contributed by atoms with Gasteiger partial charge in [0.2, 0.25) is 11.8 Å². The summed E-state index contributed by atoms with van der Waals surface area (Å²) in [6.07, 6.45) is 7.52. The molecule has 3 aliphatic heterocycles. The van der Waals surface area contributed by atoms with Crippen LogP contribution in [0.5, 0.6) is 5.75 Å². The van der Waals surface area contributed by atoms with Gasteiger partial charge in [0.1, 0.15) is 29.6 Å². The Hall–Kier alpha value is -6.76. The van der Waals surface area contributed by atoms with Crippen LogP contribution < -0.4 is 25.6 Å². The zero-order valence-electron chi connectivity index (χ0n) is 39.0. The second kappa shape index (κ2) is 24.3. The van der Waals surface area contributed by atoms with Gasteiger partial charge >= 0.3 is 0 Å². The molecule has 3 aromatic carbocycles. The van der Waals surface area contributed by atoms with E-state index in [1.165, 1.54) is 11.2 Å². The number of nitrogens with one attached hydrogen (secondary N) is 5. The topological polar surface area (TPSA) is 218 Å². The van der Waals surface area contributed by atoms with Gasteiger partial charge in [-0.15, -0.1) is 0 Å². The number of rotatable bonds is 23. The summed E-state index contributed by atoms with van der Waals surface area (Å²) >= 11 is 0. The zero-order valence-corrected chi connectivity index (χ0v) is 39.0. The standard InChI is InChI=1S/C50H63N11O7/c1-35(56-48(63)37-10-7-11-39(29-37)54-32-45(51)58(2)47(52)43-17-18-53-34-55-43)36-9-8-12-41(31-36)68-25-6-4-3-5-24-66-27-28-67-26-23-59-19-21-60(22-20-59)40-13-14-42-38(30-40)33-61(50(42)65)44-15-16-46(62)57-49(44)64/h7-14,17-18,29-31,34-35,44,51-52,54H,3-6,15-16,19-28,32-33H2,1-2H3,(H,56,63)(H,57,62,64)/t35-,44?/m1/s1. The van der Waals surface area contributed by atoms with Crippen molar-refractivity contribution in [3.8, 4) is 5.75 Å². The van der Waals surface area contributed by atoms with Gasteiger partial charge in [-0.3, -0.25) is 40.2 Å². The fourth-order valence-corrected chi connectivity index (χ4v) is 8.40. The lowest BCUT2D eigenvalue weighted by molar-refractivity contribution is -0.136. The molecule has 0 aliphatic carbocycles. The van der Waals surface area contributed by atoms with E-state index in [4.69, 9.17) is 25.0 Å². The molecule has 18 heteroatoms. The predicted molar refractivity (Wildman–Crippen MR) is 258 cm³/mol. The van der Waals surface area contributed by atoms with Crippen LogP contribution >= 0.6 is 0 Å². The van der Waals surface area contributed by atoms with E-state index in [9.17, 15) is 19.2 Å². The first-order valence-corrected chi connectivity index (χ1v) is 23.5. The van der Waals surface area contributed by atoms with Crippen molar-refractivity contribution in [3.63, 3.8) is 0 Å². The van der Waals surface area contributed by atoms with Crippen molar-refractivity contribution in [3.05, 3.63) is 113 Å². The quantitative estimate of drug-likeness (QED) is 0.0291. The Kier molecular flexibility index (Phi) is 17.6. The molecule has 4 heterocycles. The highest BCUT2D eigenvalue weighted by molar-refractivity contribution is 6.07. The maximum absolute atomic E-state index is 13.2. The Labute approximate surface area is 397 Å². The van der Waals surface area contributed by atoms with Crippen LogP contribution in [0.3, 0.4) is 0 Å². The number of amides is 4. The number of piperidine rings is 1. The van der Waals surface area contributed by atoms with Gasteiger partial charge in [-0.1, -0.05) is 24.6 Å². The molecule has 2 fully saturated rings. The predicted octanol–water partition coefficient (Wildman–Crippen LogP) is 4.87. The van der Waals surface area contributed by atoms with Gasteiger partial charge in [-0.25, -0.2) is 9.97 Å². The smallest absolute Gasteiger partial charge is 0.255 e. The van der Waals surface area contributed by atoms with Crippen LogP contribution in [0, 0.1) is 10.8 Å². The number of likely N-dealkylation sites (N-methyl/N-ethyl adjacent to an activating group) is 1. The Morgan fingerprint density at radius 3 is 2.46 bits per heavy atom. The largest absolute Gasteiger partial charge is 0.494 e. The monoisotopic (exact) mass is 929 g/mol. The number of unbranched alkanes of at least 4 members (excludes halogenated alkanes) is 3. The molecule has 0 saturated carbocycles. The Bertz CT molecular complexity index is 2390. The maximum atomic E-state index is 13.2. The average molecular weight is 930 g/mol. The van der Waals surface area contributed by atoms with Crippen LogP contribution in [-0.4, -0.2) is 145 Å². The number of benzene rings is 3. The summed E-state index contributed by atoms with van der Waals surface area (Å²) in [6, 6.07) is 21.6. The minimum atomic E-state index is -0.607. The van der Waals surface area contributed by atoms with Crippen LogP contribution in [0.4, 0.5) is 11.4 Å². The molecule has 2 saturated heterocycles. The van der Waals surface area contributed by atoms with E-state index in [2.05, 4.69) is 41.8 Å². The van der Waals surface area contributed by atoms with Crippen molar-refractivity contribution in [2.24, 2.45) is 0 Å². The number of anilines is 2. The number of ether oxygens (including phenoxy) is 3. The summed E-state index contributed by atoms with van der Waals surface area (Å²) in [7, 11) is 1.64. The number of fused-ring (bicyclic) bond motifs is 1. The van der Waals surface area contributed by atoms with Gasteiger partial charge in [-0.05, 0) is 98.3 Å². The molecule has 0 spiro atoms. The maximum Gasteiger partial charge on any atom is 0.255 e. The number of piperazine rings is 1. The van der Waals surface area contributed by atoms with E-state index in [1.54, 1.807) is 42.4 Å². The molecule has 2 atom stereocenters. The van der Waals surface area contributed by atoms with Gasteiger partial charge < -0.3 is 39.5 Å². The normalized spacial score (nSPS) is 16.5. The molecule has 3 aliphatic rings. The van der Waals surface area contributed by atoms with E-state index in [0.717, 1.165) is 81.0 Å². The number of carbonyl (C=O) groups is 4. The molecule has 68 heavy (non-hydrogen) atoms. The molecule has 0 bridgehead atoms. The van der Waals surface area contributed by atoms with Crippen molar-refractivity contribution >= 4 is 46.7 Å². The molecule has 4 amide bonds. The summed E-state index contributed by atoms with van der Waals surface area (Å²) in [6.45, 7) is 10.0. The third-order valence-electron chi connectivity index (χ3n) is 12.5. The zero-order chi connectivity index (χ0) is 47.8. The van der Waals surface area contributed by atoms with Crippen molar-refractivity contribution < 1.29 is 33.4 Å². The minimum Gasteiger partial charge on any atom is -0.494 e. The van der Waals surface area contributed by atoms with Crippen molar-refractivity contribution in [1.82, 2.24) is 35.3 Å². The Morgan fingerprint density at radius 2 is 1.68 bits per heavy atom. The molecule has 0 radical (unpaired) electrons. The van der Waals surface area contributed by atoms with Crippen LogP contribution in [0.15, 0.2) is 85.3 Å². The van der Waals surface area contributed by atoms with Crippen LogP contribution in [0.25, 0.3) is 0 Å². The third kappa shape index (κ3) is 13.4. The fraction of sp³-hybridized carbons (Fsp3) is 0.440. The van der Waals surface area contributed by atoms with Crippen molar-refractivity contribution in [2.45, 2.75) is 64.1 Å². The number of nitrogens with zero attached hydrogens (tertiary/aromatic N) is 6. The molecule has 7 rings (SSSR count). The van der Waals surface area contributed by atoms with E-state index in [-0.39, 0.29) is 48.4 Å². The molecule has 1 unspecified atom stereocenters. The van der Waals surface area contributed by atoms with Gasteiger partial charge in [0, 0.05) is 88.0 Å². The first kappa shape index (κ1) is 49.2. The third-order valence-corrected chi connectivity index (χ3v) is 12.5. The Morgan fingerprint density at radius 1 is 0.897 bits per heavy atom. The molecule has 1 aromatic heterocycles. The highest BCUT2D eigenvalue weighted by Crippen LogP contribution is 2.31. The highest BCUT2D eigenvalue weighted by Gasteiger charge is 2.39. The minimum absolute atomic E-state index is 0.0878. The number of carbonyl (C=O) groups excluding carboxylic acids is 4. The number of imide groups is 1. The van der Waals surface area contributed by atoms with Crippen LogP contribution in [0.1, 0.15) is 89.0 Å². The first-order chi connectivity index (χ1) is 33.0. The van der Waals surface area contributed by atoms with Gasteiger partial charge in [0.15, 0.2) is 5.84 Å². The van der Waals surface area contributed by atoms with E-state index in [0.29, 0.717) is 68.5 Å². The van der Waals surface area contributed by atoms with Crippen LogP contribution in [-0.2, 0) is 25.6 Å². The molecular weight excluding hydrogens is 867 g/mol. The summed E-state index contributed by atoms with van der Waals surface area (Å²) in [5, 5.41) is 25.4. The van der Waals surface area contributed by atoms with E-state index in [1.807, 2.05) is 49.4 Å². The Balaban J connectivity index is 0.693. The number of hydrogen-bond acceptors (Lipinski definition) is 14. The molecule has 5 N–H and O–H groups in total. The first-order valence-electron chi connectivity index (χ1n) is 23.5. The second-order valence-electron chi connectivity index (χ2n) is 17.2. The lowest BCUT2D eigenvalue weighted by Gasteiger charge is -2.36. The number of aromatic nitrogens is 2. The summed E-state index contributed by atoms with van der Waals surface area (Å²) in [4.78, 5) is 66.0. The summed E-state index contributed by atoms with van der Waals surface area (Å²) in [5.41, 5.74) is 5.16.